The number of phenols is 1. The third-order valence-electron chi connectivity index (χ3n) is 2.17. The summed E-state index contributed by atoms with van der Waals surface area (Å²) < 4.78 is 0. The number of hydrogen-bond donors (Lipinski definition) is 1. The summed E-state index contributed by atoms with van der Waals surface area (Å²) in [6.07, 6.45) is 1.50. The molecule has 0 fully saturated rings. The maximum absolute atomic E-state index is 10.0. The Balaban J connectivity index is 3.17. The van der Waals surface area contributed by atoms with Gasteiger partial charge in [-0.2, -0.15) is 0 Å². The molecule has 0 aliphatic heterocycles. The van der Waals surface area contributed by atoms with Gasteiger partial charge >= 0.3 is 0 Å². The van der Waals surface area contributed by atoms with Gasteiger partial charge in [-0.1, -0.05) is 38.1 Å². The van der Waals surface area contributed by atoms with Crippen molar-refractivity contribution in [1.29, 1.82) is 0 Å². The molecule has 3 nitrogen and oxygen atoms in total. The van der Waals surface area contributed by atoms with Gasteiger partial charge in [-0.3, -0.25) is 0 Å². The van der Waals surface area contributed by atoms with E-state index < -0.39 is 0 Å². The molecule has 0 saturated carbocycles. The van der Waals surface area contributed by atoms with Gasteiger partial charge in [0.25, 0.3) is 0 Å². The second-order valence-electron chi connectivity index (χ2n) is 4.41. The van der Waals surface area contributed by atoms with E-state index in [2.05, 4.69) is 30.8 Å². The van der Waals surface area contributed by atoms with E-state index in [4.69, 9.17) is 0 Å². The average molecular weight is 207 g/mol. The van der Waals surface area contributed by atoms with E-state index in [1.165, 1.54) is 13.3 Å². The van der Waals surface area contributed by atoms with Crippen LogP contribution in [0.5, 0.6) is 5.75 Å². The fraction of sp³-hybridized carbons (Fsp3) is 0.417. The molecular formula is C12H17NO2. The summed E-state index contributed by atoms with van der Waals surface area (Å²) in [5.41, 5.74) is 1.49. The summed E-state index contributed by atoms with van der Waals surface area (Å²) in [7, 11) is 1.47. The molecule has 3 heteroatoms. The number of phenolic OH excluding ortho intramolecular Hbond substituents is 1. The van der Waals surface area contributed by atoms with Crippen molar-refractivity contribution in [2.45, 2.75) is 26.2 Å². The van der Waals surface area contributed by atoms with E-state index in [-0.39, 0.29) is 11.2 Å². The summed E-state index contributed by atoms with van der Waals surface area (Å²) in [4.78, 5) is 4.58. The molecule has 82 valence electrons. The lowest BCUT2D eigenvalue weighted by Crippen LogP contribution is -2.11. The zero-order chi connectivity index (χ0) is 11.5. The Morgan fingerprint density at radius 2 is 2.00 bits per heavy atom. The highest BCUT2D eigenvalue weighted by Gasteiger charge is 2.18. The summed E-state index contributed by atoms with van der Waals surface area (Å²) in [5, 5.41) is 13.6. The van der Waals surface area contributed by atoms with Crippen molar-refractivity contribution in [2.75, 3.05) is 7.11 Å². The molecule has 0 atom stereocenters. The number of nitrogens with zero attached hydrogens (tertiary/aromatic N) is 1. The lowest BCUT2D eigenvalue weighted by molar-refractivity contribution is 0.215. The van der Waals surface area contributed by atoms with Gasteiger partial charge in [0.1, 0.15) is 12.9 Å². The molecule has 1 aromatic carbocycles. The first-order chi connectivity index (χ1) is 6.96. The van der Waals surface area contributed by atoms with Crippen LogP contribution in [0.25, 0.3) is 0 Å². The molecule has 1 aromatic rings. The minimum Gasteiger partial charge on any atom is -0.507 e. The van der Waals surface area contributed by atoms with Crippen molar-refractivity contribution in [3.05, 3.63) is 29.3 Å². The van der Waals surface area contributed by atoms with E-state index in [0.717, 1.165) is 5.56 Å². The molecule has 15 heavy (non-hydrogen) atoms. The van der Waals surface area contributed by atoms with Crippen molar-refractivity contribution in [1.82, 2.24) is 0 Å². The van der Waals surface area contributed by atoms with Gasteiger partial charge in [0.15, 0.2) is 0 Å². The first-order valence-corrected chi connectivity index (χ1v) is 4.86. The van der Waals surface area contributed by atoms with Crippen molar-refractivity contribution in [2.24, 2.45) is 5.16 Å². The van der Waals surface area contributed by atoms with Crippen LogP contribution in [0.2, 0.25) is 0 Å². The first-order valence-electron chi connectivity index (χ1n) is 4.86. The molecule has 0 unspecified atom stereocenters. The SMILES string of the molecule is CON=Cc1cccc(C(C)(C)C)c1O. The van der Waals surface area contributed by atoms with Crippen LogP contribution in [0.3, 0.4) is 0 Å². The zero-order valence-corrected chi connectivity index (χ0v) is 9.61. The number of oxime groups is 1. The van der Waals surface area contributed by atoms with Gasteiger partial charge in [0, 0.05) is 5.56 Å². The highest BCUT2D eigenvalue weighted by atomic mass is 16.6. The number of rotatable bonds is 2. The van der Waals surface area contributed by atoms with Crippen molar-refractivity contribution >= 4 is 6.21 Å². The monoisotopic (exact) mass is 207 g/mol. The van der Waals surface area contributed by atoms with Gasteiger partial charge in [0.05, 0.1) is 6.21 Å². The number of benzene rings is 1. The Kier molecular flexibility index (Phi) is 3.35. The van der Waals surface area contributed by atoms with Crippen LogP contribution in [0.4, 0.5) is 0 Å². The maximum Gasteiger partial charge on any atom is 0.128 e. The van der Waals surface area contributed by atoms with Gasteiger partial charge in [-0.15, -0.1) is 0 Å². The van der Waals surface area contributed by atoms with E-state index >= 15 is 0 Å². The first kappa shape index (κ1) is 11.6. The molecular weight excluding hydrogens is 190 g/mol. The lowest BCUT2D eigenvalue weighted by atomic mass is 9.85. The third-order valence-corrected chi connectivity index (χ3v) is 2.17. The fourth-order valence-corrected chi connectivity index (χ4v) is 1.38. The van der Waals surface area contributed by atoms with Crippen LogP contribution >= 0.6 is 0 Å². The van der Waals surface area contributed by atoms with Crippen LogP contribution < -0.4 is 0 Å². The predicted octanol–water partition coefficient (Wildman–Crippen LogP) is 2.67. The average Bonchev–Trinajstić information content (AvgIpc) is 2.14. The van der Waals surface area contributed by atoms with Crippen LogP contribution in [0.15, 0.2) is 23.4 Å². The van der Waals surface area contributed by atoms with Crippen LogP contribution in [0.1, 0.15) is 31.9 Å². The van der Waals surface area contributed by atoms with Crippen LogP contribution in [-0.4, -0.2) is 18.4 Å². The topological polar surface area (TPSA) is 41.8 Å². The van der Waals surface area contributed by atoms with Crippen LogP contribution in [0, 0.1) is 0 Å². The van der Waals surface area contributed by atoms with Gasteiger partial charge < -0.3 is 9.94 Å². The second-order valence-corrected chi connectivity index (χ2v) is 4.41. The molecule has 0 aliphatic carbocycles. The zero-order valence-electron chi connectivity index (χ0n) is 9.61. The Morgan fingerprint density at radius 3 is 2.53 bits per heavy atom. The minimum atomic E-state index is -0.0823. The molecule has 1 rings (SSSR count). The lowest BCUT2D eigenvalue weighted by Gasteiger charge is -2.20. The third kappa shape index (κ3) is 2.72. The van der Waals surface area contributed by atoms with E-state index in [1.807, 2.05) is 12.1 Å². The highest BCUT2D eigenvalue weighted by Crippen LogP contribution is 2.32. The Morgan fingerprint density at radius 1 is 1.33 bits per heavy atom. The second kappa shape index (κ2) is 4.34. The molecule has 0 bridgehead atoms. The molecule has 0 aromatic heterocycles. The summed E-state index contributed by atoms with van der Waals surface area (Å²) in [6, 6.07) is 5.61. The molecule has 0 radical (unpaired) electrons. The Labute approximate surface area is 90.4 Å². The molecule has 0 aliphatic rings. The molecule has 0 saturated heterocycles. The van der Waals surface area contributed by atoms with Crippen LogP contribution in [-0.2, 0) is 10.3 Å². The summed E-state index contributed by atoms with van der Waals surface area (Å²) in [6.45, 7) is 6.16. The van der Waals surface area contributed by atoms with Crippen molar-refractivity contribution < 1.29 is 9.94 Å². The van der Waals surface area contributed by atoms with Crippen molar-refractivity contribution in [3.63, 3.8) is 0 Å². The van der Waals surface area contributed by atoms with E-state index in [9.17, 15) is 5.11 Å². The van der Waals surface area contributed by atoms with Crippen molar-refractivity contribution in [3.8, 4) is 5.75 Å². The number of para-hydroxylation sites is 1. The highest BCUT2D eigenvalue weighted by molar-refractivity contribution is 5.83. The van der Waals surface area contributed by atoms with E-state index in [0.29, 0.717) is 5.56 Å². The quantitative estimate of drug-likeness (QED) is 0.598. The maximum atomic E-state index is 10.0. The molecule has 0 spiro atoms. The molecule has 0 amide bonds. The van der Waals surface area contributed by atoms with Gasteiger partial charge in [-0.25, -0.2) is 0 Å². The number of aromatic hydroxyl groups is 1. The number of hydrogen-bond acceptors (Lipinski definition) is 3. The normalized spacial score (nSPS) is 12.0. The van der Waals surface area contributed by atoms with E-state index in [1.54, 1.807) is 6.07 Å². The molecule has 1 N–H and O–H groups in total. The minimum absolute atomic E-state index is 0.0823. The smallest absolute Gasteiger partial charge is 0.128 e. The predicted molar refractivity (Wildman–Crippen MR) is 61.4 cm³/mol. The van der Waals surface area contributed by atoms with Gasteiger partial charge in [0.2, 0.25) is 0 Å². The Hall–Kier alpha value is -1.51. The summed E-state index contributed by atoms with van der Waals surface area (Å²) in [5.74, 6) is 0.269. The fourth-order valence-electron chi connectivity index (χ4n) is 1.38. The standard InChI is InChI=1S/C12H17NO2/c1-12(2,3)10-7-5-6-9(11(10)14)8-13-15-4/h5-8,14H,1-4H3. The van der Waals surface area contributed by atoms with Gasteiger partial charge in [-0.05, 0) is 17.0 Å². The Bertz CT molecular complexity index is 364. The largest absolute Gasteiger partial charge is 0.507 e. The summed E-state index contributed by atoms with van der Waals surface area (Å²) >= 11 is 0. The molecule has 0 heterocycles.